The van der Waals surface area contributed by atoms with Gasteiger partial charge in [0, 0.05) is 0 Å². The highest BCUT2D eigenvalue weighted by Gasteiger charge is 2.29. The quantitative estimate of drug-likeness (QED) is 0.540. The van der Waals surface area contributed by atoms with Crippen molar-refractivity contribution in [1.29, 1.82) is 0 Å². The first kappa shape index (κ1) is 8.67. The van der Waals surface area contributed by atoms with E-state index in [2.05, 4.69) is 6.92 Å². The van der Waals surface area contributed by atoms with Crippen LogP contribution in [0.1, 0.15) is 39.0 Å². The van der Waals surface area contributed by atoms with Crippen LogP contribution in [0, 0.1) is 5.92 Å². The predicted octanol–water partition coefficient (Wildman–Crippen LogP) is 3.76. The lowest BCUT2D eigenvalue weighted by molar-refractivity contribution is 0.337. The molecule has 1 aliphatic carbocycles. The van der Waals surface area contributed by atoms with Crippen LogP contribution in [-0.2, 0) is 0 Å². The maximum Gasteiger partial charge on any atom is 0.118 e. The summed E-state index contributed by atoms with van der Waals surface area (Å²) in [5.74, 6) is 0.880. The molecule has 0 radical (unpaired) electrons. The summed E-state index contributed by atoms with van der Waals surface area (Å²) in [4.78, 5) is 0. The zero-order chi connectivity index (χ0) is 7.61. The Morgan fingerprint density at radius 3 is 2.20 bits per heavy atom. The normalized spacial score (nSPS) is 26.7. The van der Waals surface area contributed by atoms with Crippen molar-refractivity contribution in [3.63, 3.8) is 0 Å². The smallest absolute Gasteiger partial charge is 0.102 e. The Labute approximate surface area is 72.9 Å². The molecule has 60 valence electrons. The Kier molecular flexibility index (Phi) is 2.88. The van der Waals surface area contributed by atoms with E-state index in [4.69, 9.17) is 23.2 Å². The zero-order valence-electron chi connectivity index (χ0n) is 6.37. The van der Waals surface area contributed by atoms with E-state index in [9.17, 15) is 0 Å². The fourth-order valence-corrected chi connectivity index (χ4v) is 1.94. The highest BCUT2D eigenvalue weighted by atomic mass is 35.5. The molecule has 0 unspecified atom stereocenters. The lowest BCUT2D eigenvalue weighted by Gasteiger charge is -2.29. The molecule has 0 aromatic heterocycles. The topological polar surface area (TPSA) is 0 Å². The molecule has 0 aromatic rings. The largest absolute Gasteiger partial charge is 0.118 e. The van der Waals surface area contributed by atoms with Crippen LogP contribution in [0.3, 0.4) is 0 Å². The zero-order valence-corrected chi connectivity index (χ0v) is 7.88. The molecule has 1 aliphatic rings. The molecule has 1 saturated carbocycles. The Balaban J connectivity index is 2.31. The molecule has 0 spiro atoms. The molecule has 1 rings (SSSR count). The Bertz CT molecular complexity index is 99.8. The molecule has 0 heterocycles. The standard InChI is InChI=1S/C8H14Cl2/c1-2-7-3-5-8(9,10)6-4-7/h7H,2-6H2,1H3. The van der Waals surface area contributed by atoms with E-state index in [0.29, 0.717) is 0 Å². The van der Waals surface area contributed by atoms with Crippen molar-refractivity contribution in [3.8, 4) is 0 Å². The molecule has 0 nitrogen and oxygen atoms in total. The molecule has 2 heteroatoms. The molecule has 0 aromatic carbocycles. The molecule has 1 fully saturated rings. The Morgan fingerprint density at radius 2 is 1.80 bits per heavy atom. The van der Waals surface area contributed by atoms with Gasteiger partial charge < -0.3 is 0 Å². The van der Waals surface area contributed by atoms with Crippen LogP contribution in [-0.4, -0.2) is 4.33 Å². The van der Waals surface area contributed by atoms with E-state index >= 15 is 0 Å². The van der Waals surface area contributed by atoms with E-state index in [-0.39, 0.29) is 0 Å². The molecular formula is C8H14Cl2. The van der Waals surface area contributed by atoms with Gasteiger partial charge in [0.15, 0.2) is 0 Å². The first-order chi connectivity index (χ1) is 4.64. The second-order valence-electron chi connectivity index (χ2n) is 3.21. The summed E-state index contributed by atoms with van der Waals surface area (Å²) in [6.45, 7) is 2.24. The lowest BCUT2D eigenvalue weighted by Crippen LogP contribution is -2.21. The van der Waals surface area contributed by atoms with Gasteiger partial charge in [0.05, 0.1) is 0 Å². The molecule has 0 atom stereocenters. The van der Waals surface area contributed by atoms with Crippen molar-refractivity contribution in [3.05, 3.63) is 0 Å². The maximum absolute atomic E-state index is 5.96. The monoisotopic (exact) mass is 180 g/mol. The Hall–Kier alpha value is 0.580. The van der Waals surface area contributed by atoms with Crippen LogP contribution < -0.4 is 0 Å². The van der Waals surface area contributed by atoms with E-state index in [1.165, 1.54) is 19.3 Å². The van der Waals surface area contributed by atoms with Crippen LogP contribution in [0.4, 0.5) is 0 Å². The van der Waals surface area contributed by atoms with Crippen molar-refractivity contribution < 1.29 is 0 Å². The lowest BCUT2D eigenvalue weighted by atomic mass is 9.87. The summed E-state index contributed by atoms with van der Waals surface area (Å²) in [6.07, 6.45) is 5.67. The van der Waals surface area contributed by atoms with Crippen LogP contribution >= 0.6 is 23.2 Å². The van der Waals surface area contributed by atoms with Gasteiger partial charge in [0.1, 0.15) is 4.33 Å². The number of alkyl halides is 2. The van der Waals surface area contributed by atoms with Crippen LogP contribution in [0.2, 0.25) is 0 Å². The summed E-state index contributed by atoms with van der Waals surface area (Å²) < 4.78 is -0.397. The van der Waals surface area contributed by atoms with Crippen molar-refractivity contribution >= 4 is 23.2 Å². The minimum Gasteiger partial charge on any atom is -0.102 e. The summed E-state index contributed by atoms with van der Waals surface area (Å²) in [5.41, 5.74) is 0. The first-order valence-corrected chi connectivity index (χ1v) is 4.77. The molecule has 0 saturated heterocycles. The van der Waals surface area contributed by atoms with Gasteiger partial charge in [-0.3, -0.25) is 0 Å². The molecule has 0 amide bonds. The minimum atomic E-state index is -0.397. The third-order valence-corrected chi connectivity index (χ3v) is 3.17. The molecule has 10 heavy (non-hydrogen) atoms. The van der Waals surface area contributed by atoms with E-state index in [0.717, 1.165) is 18.8 Å². The number of hydrogen-bond donors (Lipinski definition) is 0. The van der Waals surface area contributed by atoms with Gasteiger partial charge >= 0.3 is 0 Å². The fourth-order valence-electron chi connectivity index (χ4n) is 1.51. The fraction of sp³-hybridized carbons (Fsp3) is 1.00. The SMILES string of the molecule is CCC1CCC(Cl)(Cl)CC1. The van der Waals surface area contributed by atoms with Gasteiger partial charge in [-0.05, 0) is 31.6 Å². The summed E-state index contributed by atoms with van der Waals surface area (Å²) in [7, 11) is 0. The molecule has 0 bridgehead atoms. The molecular weight excluding hydrogens is 167 g/mol. The number of hydrogen-bond acceptors (Lipinski definition) is 0. The van der Waals surface area contributed by atoms with Crippen molar-refractivity contribution in [2.45, 2.75) is 43.4 Å². The second-order valence-corrected chi connectivity index (χ2v) is 4.85. The van der Waals surface area contributed by atoms with E-state index in [1.807, 2.05) is 0 Å². The highest BCUT2D eigenvalue weighted by Crippen LogP contribution is 2.40. The number of halogens is 2. The molecule has 0 aliphatic heterocycles. The average Bonchev–Trinajstić information content (AvgIpc) is 1.88. The van der Waals surface area contributed by atoms with Crippen molar-refractivity contribution in [1.82, 2.24) is 0 Å². The van der Waals surface area contributed by atoms with Crippen LogP contribution in [0.25, 0.3) is 0 Å². The summed E-state index contributed by atoms with van der Waals surface area (Å²) in [5, 5.41) is 0. The summed E-state index contributed by atoms with van der Waals surface area (Å²) >= 11 is 11.9. The summed E-state index contributed by atoms with van der Waals surface area (Å²) in [6, 6.07) is 0. The maximum atomic E-state index is 5.96. The van der Waals surface area contributed by atoms with Gasteiger partial charge in [0.25, 0.3) is 0 Å². The highest BCUT2D eigenvalue weighted by molar-refractivity contribution is 6.48. The van der Waals surface area contributed by atoms with Gasteiger partial charge in [0.2, 0.25) is 0 Å². The molecule has 0 N–H and O–H groups in total. The predicted molar refractivity (Wildman–Crippen MR) is 46.7 cm³/mol. The first-order valence-electron chi connectivity index (χ1n) is 4.02. The Morgan fingerprint density at radius 1 is 1.30 bits per heavy atom. The van der Waals surface area contributed by atoms with Crippen LogP contribution in [0.15, 0.2) is 0 Å². The van der Waals surface area contributed by atoms with E-state index in [1.54, 1.807) is 0 Å². The third-order valence-electron chi connectivity index (χ3n) is 2.41. The van der Waals surface area contributed by atoms with Gasteiger partial charge in [-0.1, -0.05) is 13.3 Å². The van der Waals surface area contributed by atoms with E-state index < -0.39 is 4.33 Å². The van der Waals surface area contributed by atoms with Gasteiger partial charge in [-0.25, -0.2) is 0 Å². The average molecular weight is 181 g/mol. The van der Waals surface area contributed by atoms with Crippen molar-refractivity contribution in [2.75, 3.05) is 0 Å². The second kappa shape index (κ2) is 3.32. The third kappa shape index (κ3) is 2.32. The van der Waals surface area contributed by atoms with Crippen LogP contribution in [0.5, 0.6) is 0 Å². The van der Waals surface area contributed by atoms with Crippen molar-refractivity contribution in [2.24, 2.45) is 5.92 Å². The van der Waals surface area contributed by atoms with Gasteiger partial charge in [-0.15, -0.1) is 23.2 Å². The van der Waals surface area contributed by atoms with Gasteiger partial charge in [-0.2, -0.15) is 0 Å². The minimum absolute atomic E-state index is 0.397. The number of rotatable bonds is 1.